The van der Waals surface area contributed by atoms with Gasteiger partial charge in [0.05, 0.1) is 29.5 Å². The maximum absolute atomic E-state index is 11.2. The van der Waals surface area contributed by atoms with Crippen molar-refractivity contribution in [3.05, 3.63) is 48.2 Å². The summed E-state index contributed by atoms with van der Waals surface area (Å²) in [6, 6.07) is 12.2. The molecule has 2 atom stereocenters. The number of ether oxygens (including phenoxy) is 1. The van der Waals surface area contributed by atoms with Gasteiger partial charge in [-0.3, -0.25) is 4.79 Å². The van der Waals surface area contributed by atoms with Crippen molar-refractivity contribution in [2.45, 2.75) is 43.9 Å². The Morgan fingerprint density at radius 3 is 2.63 bits per heavy atom. The predicted octanol–water partition coefficient (Wildman–Crippen LogP) is 4.05. The van der Waals surface area contributed by atoms with Crippen LogP contribution in [0.5, 0.6) is 5.75 Å². The molecule has 144 valence electrons. The molecule has 6 heteroatoms. The molecule has 3 rings (SSSR count). The number of thioether (sulfide) groups is 1. The third-order valence-corrected chi connectivity index (χ3v) is 5.55. The summed E-state index contributed by atoms with van der Waals surface area (Å²) in [4.78, 5) is 18.0. The van der Waals surface area contributed by atoms with Gasteiger partial charge in [-0.05, 0) is 49.9 Å². The fraction of sp³-hybridized carbons (Fsp3) is 0.429. The first-order valence-electron chi connectivity index (χ1n) is 9.20. The SMILES string of the molecule is CSc1ccc(N2CCC(C)(Oc3ccc(C(C)NC(C)=O)cc3)C2)cn1. The van der Waals surface area contributed by atoms with Crippen LogP contribution in [0.25, 0.3) is 0 Å². The molecule has 2 aromatic rings. The number of nitrogens with zero attached hydrogens (tertiary/aromatic N) is 2. The van der Waals surface area contributed by atoms with E-state index in [0.717, 1.165) is 41.5 Å². The largest absolute Gasteiger partial charge is 0.486 e. The quantitative estimate of drug-likeness (QED) is 0.761. The monoisotopic (exact) mass is 385 g/mol. The third kappa shape index (κ3) is 4.95. The maximum Gasteiger partial charge on any atom is 0.217 e. The van der Waals surface area contributed by atoms with Crippen LogP contribution in [0.2, 0.25) is 0 Å². The Bertz CT molecular complexity index is 779. The normalized spacial score (nSPS) is 20.4. The Labute approximate surface area is 165 Å². The fourth-order valence-corrected chi connectivity index (χ4v) is 3.78. The van der Waals surface area contributed by atoms with Crippen LogP contribution in [0.4, 0.5) is 5.69 Å². The van der Waals surface area contributed by atoms with Crippen molar-refractivity contribution in [2.75, 3.05) is 24.2 Å². The summed E-state index contributed by atoms with van der Waals surface area (Å²) in [5, 5.41) is 3.93. The van der Waals surface area contributed by atoms with Crippen molar-refractivity contribution in [1.82, 2.24) is 10.3 Å². The highest BCUT2D eigenvalue weighted by Crippen LogP contribution is 2.31. The molecule has 27 heavy (non-hydrogen) atoms. The van der Waals surface area contributed by atoms with Crippen molar-refractivity contribution < 1.29 is 9.53 Å². The molecule has 2 heterocycles. The molecule has 1 aliphatic heterocycles. The van der Waals surface area contributed by atoms with Crippen LogP contribution in [-0.2, 0) is 4.79 Å². The molecule has 5 nitrogen and oxygen atoms in total. The van der Waals surface area contributed by atoms with E-state index in [-0.39, 0.29) is 17.6 Å². The van der Waals surface area contributed by atoms with Crippen molar-refractivity contribution in [2.24, 2.45) is 0 Å². The Kier molecular flexibility index (Phi) is 5.95. The van der Waals surface area contributed by atoms with Gasteiger partial charge in [0.2, 0.25) is 5.91 Å². The summed E-state index contributed by atoms with van der Waals surface area (Å²) in [5.41, 5.74) is 1.97. The van der Waals surface area contributed by atoms with Crippen molar-refractivity contribution >= 4 is 23.4 Å². The number of nitrogens with one attached hydrogen (secondary N) is 1. The molecule has 1 aromatic heterocycles. The molecule has 0 spiro atoms. The molecule has 1 amide bonds. The number of pyridine rings is 1. The smallest absolute Gasteiger partial charge is 0.217 e. The summed E-state index contributed by atoms with van der Waals surface area (Å²) in [6.07, 6.45) is 4.93. The summed E-state index contributed by atoms with van der Waals surface area (Å²) in [7, 11) is 0. The highest BCUT2D eigenvalue weighted by Gasteiger charge is 2.36. The van der Waals surface area contributed by atoms with Crippen LogP contribution in [0, 0.1) is 0 Å². The number of carbonyl (C=O) groups is 1. The molecule has 0 radical (unpaired) electrons. The minimum absolute atomic E-state index is 0.00846. The van der Waals surface area contributed by atoms with Gasteiger partial charge in [-0.1, -0.05) is 12.1 Å². The number of hydrogen-bond acceptors (Lipinski definition) is 5. The molecule has 1 N–H and O–H groups in total. The lowest BCUT2D eigenvalue weighted by Gasteiger charge is -2.27. The second-order valence-electron chi connectivity index (χ2n) is 7.27. The van der Waals surface area contributed by atoms with Crippen LogP contribution in [0.15, 0.2) is 47.6 Å². The summed E-state index contributed by atoms with van der Waals surface area (Å²) < 4.78 is 6.32. The molecule has 2 unspecified atom stereocenters. The fourth-order valence-electron chi connectivity index (χ4n) is 3.41. The van der Waals surface area contributed by atoms with Crippen LogP contribution >= 0.6 is 11.8 Å². The number of rotatable bonds is 6. The zero-order chi connectivity index (χ0) is 19.4. The first-order chi connectivity index (χ1) is 12.9. The van der Waals surface area contributed by atoms with Gasteiger partial charge in [0.1, 0.15) is 11.4 Å². The van der Waals surface area contributed by atoms with Gasteiger partial charge in [0.25, 0.3) is 0 Å². The molecular weight excluding hydrogens is 358 g/mol. The number of anilines is 1. The second kappa shape index (κ2) is 8.21. The molecule has 1 aromatic carbocycles. The number of carbonyl (C=O) groups excluding carboxylic acids is 1. The summed E-state index contributed by atoms with van der Waals surface area (Å²) >= 11 is 1.65. The Balaban J connectivity index is 1.62. The highest BCUT2D eigenvalue weighted by molar-refractivity contribution is 7.98. The summed E-state index contributed by atoms with van der Waals surface area (Å²) in [6.45, 7) is 7.45. The lowest BCUT2D eigenvalue weighted by atomic mass is 10.1. The first kappa shape index (κ1) is 19.5. The third-order valence-electron chi connectivity index (χ3n) is 4.90. The van der Waals surface area contributed by atoms with E-state index in [9.17, 15) is 4.79 Å². The lowest BCUT2D eigenvalue weighted by molar-refractivity contribution is -0.119. The topological polar surface area (TPSA) is 54.5 Å². The minimum atomic E-state index is -0.233. The summed E-state index contributed by atoms with van der Waals surface area (Å²) in [5.74, 6) is 0.829. The van der Waals surface area contributed by atoms with Gasteiger partial charge < -0.3 is 15.0 Å². The van der Waals surface area contributed by atoms with E-state index in [0.29, 0.717) is 0 Å². The van der Waals surface area contributed by atoms with Gasteiger partial charge >= 0.3 is 0 Å². The number of amides is 1. The Morgan fingerprint density at radius 2 is 2.04 bits per heavy atom. The van der Waals surface area contributed by atoms with Crippen molar-refractivity contribution in [1.29, 1.82) is 0 Å². The van der Waals surface area contributed by atoms with Gasteiger partial charge in [0.15, 0.2) is 0 Å². The van der Waals surface area contributed by atoms with Gasteiger partial charge in [-0.25, -0.2) is 4.98 Å². The molecule has 0 saturated carbocycles. The van der Waals surface area contributed by atoms with Gasteiger partial charge in [0, 0.05) is 19.9 Å². The van der Waals surface area contributed by atoms with Gasteiger partial charge in [-0.15, -0.1) is 11.8 Å². The maximum atomic E-state index is 11.2. The van der Waals surface area contributed by atoms with Crippen LogP contribution in [-0.4, -0.2) is 35.8 Å². The van der Waals surface area contributed by atoms with Crippen LogP contribution in [0.1, 0.15) is 38.8 Å². The number of benzene rings is 1. The zero-order valence-electron chi connectivity index (χ0n) is 16.4. The highest BCUT2D eigenvalue weighted by atomic mass is 32.2. The second-order valence-corrected chi connectivity index (χ2v) is 8.10. The van der Waals surface area contributed by atoms with Crippen LogP contribution in [0.3, 0.4) is 0 Å². The van der Waals surface area contributed by atoms with E-state index in [1.165, 1.54) is 6.92 Å². The van der Waals surface area contributed by atoms with E-state index in [2.05, 4.69) is 34.3 Å². The van der Waals surface area contributed by atoms with E-state index in [1.54, 1.807) is 11.8 Å². The Morgan fingerprint density at radius 1 is 1.30 bits per heavy atom. The molecule has 1 aliphatic rings. The standard InChI is InChI=1S/C21H27N3O2S/c1-15(23-16(2)25)17-5-8-19(9-6-17)26-21(3)11-12-24(14-21)18-7-10-20(27-4)22-13-18/h5-10,13,15H,11-12,14H2,1-4H3,(H,23,25). The van der Waals surface area contributed by atoms with Crippen molar-refractivity contribution in [3.63, 3.8) is 0 Å². The lowest BCUT2D eigenvalue weighted by Crippen LogP contribution is -2.36. The average Bonchev–Trinajstić information content (AvgIpc) is 3.03. The predicted molar refractivity (Wildman–Crippen MR) is 111 cm³/mol. The van der Waals surface area contributed by atoms with E-state index in [4.69, 9.17) is 4.74 Å². The Hall–Kier alpha value is -2.21. The number of aromatic nitrogens is 1. The molecule has 1 fully saturated rings. The van der Waals surface area contributed by atoms with E-state index < -0.39 is 0 Å². The first-order valence-corrected chi connectivity index (χ1v) is 10.4. The van der Waals surface area contributed by atoms with E-state index >= 15 is 0 Å². The average molecular weight is 386 g/mol. The number of hydrogen-bond donors (Lipinski definition) is 1. The minimum Gasteiger partial charge on any atom is -0.486 e. The molecular formula is C21H27N3O2S. The van der Waals surface area contributed by atoms with Crippen LogP contribution < -0.4 is 15.0 Å². The zero-order valence-corrected chi connectivity index (χ0v) is 17.2. The molecule has 1 saturated heterocycles. The van der Waals surface area contributed by atoms with E-state index in [1.807, 2.05) is 43.6 Å². The molecule has 0 bridgehead atoms. The molecule has 0 aliphatic carbocycles. The van der Waals surface area contributed by atoms with Gasteiger partial charge in [-0.2, -0.15) is 0 Å². The van der Waals surface area contributed by atoms with Crippen molar-refractivity contribution in [3.8, 4) is 5.75 Å².